The average molecular weight is 122 g/mol. The maximum atomic E-state index is 10.7. The highest BCUT2D eigenvalue weighted by atomic mass is 16.3. The van der Waals surface area contributed by atoms with Crippen molar-refractivity contribution in [3.63, 3.8) is 0 Å². The van der Waals surface area contributed by atoms with Gasteiger partial charge in [-0.25, -0.2) is 0 Å². The highest BCUT2D eigenvalue weighted by Gasteiger charge is 2.20. The first-order chi connectivity index (χ1) is 4.36. The van der Waals surface area contributed by atoms with E-state index in [0.29, 0.717) is 12.8 Å². The Kier molecular flexibility index (Phi) is 0.781. The molecule has 0 bridgehead atoms. The van der Waals surface area contributed by atoms with Crippen molar-refractivity contribution < 1.29 is 9.21 Å². The number of Topliss-reactive ketones (excluding diaryl/α,β-unsaturated/α-hetero) is 1. The van der Waals surface area contributed by atoms with Crippen molar-refractivity contribution in [2.24, 2.45) is 0 Å². The van der Waals surface area contributed by atoms with Gasteiger partial charge in [0.25, 0.3) is 0 Å². The minimum atomic E-state index is 0.268. The van der Waals surface area contributed by atoms with E-state index in [1.54, 1.807) is 6.26 Å². The summed E-state index contributed by atoms with van der Waals surface area (Å²) in [5.41, 5.74) is 1.07. The Morgan fingerprint density at radius 2 is 2.33 bits per heavy atom. The maximum Gasteiger partial charge on any atom is 0.144 e. The Hall–Kier alpha value is -1.05. The Labute approximate surface area is 52.5 Å². The molecule has 1 aliphatic rings. The summed E-state index contributed by atoms with van der Waals surface area (Å²) >= 11 is 0. The van der Waals surface area contributed by atoms with Gasteiger partial charge in [0.2, 0.25) is 0 Å². The van der Waals surface area contributed by atoms with E-state index in [0.717, 1.165) is 11.3 Å². The molecule has 0 unspecified atom stereocenters. The Balaban J connectivity index is 2.49. The van der Waals surface area contributed by atoms with E-state index in [1.165, 1.54) is 0 Å². The van der Waals surface area contributed by atoms with E-state index in [9.17, 15) is 4.79 Å². The fourth-order valence-electron chi connectivity index (χ4n) is 1.13. The smallest absolute Gasteiger partial charge is 0.144 e. The first-order valence-electron chi connectivity index (χ1n) is 2.93. The molecule has 2 rings (SSSR count). The van der Waals surface area contributed by atoms with Crippen LogP contribution in [0, 0.1) is 0 Å². The molecule has 0 saturated heterocycles. The molecule has 1 aromatic heterocycles. The number of furan rings is 1. The fraction of sp³-hybridized carbons (Fsp3) is 0.286. The molecule has 0 saturated carbocycles. The Morgan fingerprint density at radius 1 is 1.44 bits per heavy atom. The molecule has 46 valence electrons. The van der Waals surface area contributed by atoms with Crippen LogP contribution in [0.4, 0.5) is 0 Å². The largest absolute Gasteiger partial charge is 0.469 e. The second-order valence-corrected chi connectivity index (χ2v) is 2.26. The number of carbonyl (C=O) groups excluding carboxylic acids is 1. The van der Waals surface area contributed by atoms with E-state index in [2.05, 4.69) is 0 Å². The van der Waals surface area contributed by atoms with E-state index < -0.39 is 0 Å². The monoisotopic (exact) mass is 122 g/mol. The van der Waals surface area contributed by atoms with E-state index >= 15 is 0 Å². The minimum Gasteiger partial charge on any atom is -0.469 e. The number of rotatable bonds is 0. The molecular weight excluding hydrogens is 116 g/mol. The van der Waals surface area contributed by atoms with E-state index in [1.807, 2.05) is 6.07 Å². The summed E-state index contributed by atoms with van der Waals surface area (Å²) in [6.07, 6.45) is 2.71. The molecule has 2 nitrogen and oxygen atoms in total. The average Bonchev–Trinajstić information content (AvgIpc) is 2.22. The van der Waals surface area contributed by atoms with Crippen LogP contribution in [0.15, 0.2) is 16.7 Å². The molecule has 0 atom stereocenters. The molecule has 0 fully saturated rings. The van der Waals surface area contributed by atoms with Crippen molar-refractivity contribution >= 4 is 5.78 Å². The van der Waals surface area contributed by atoms with Crippen LogP contribution < -0.4 is 0 Å². The van der Waals surface area contributed by atoms with Gasteiger partial charge in [0.1, 0.15) is 11.5 Å². The number of ketones is 1. The number of carbonyl (C=O) groups is 1. The maximum absolute atomic E-state index is 10.7. The lowest BCUT2D eigenvalue weighted by Crippen LogP contribution is -1.93. The molecule has 1 aromatic rings. The van der Waals surface area contributed by atoms with Crippen LogP contribution in [0.1, 0.15) is 11.3 Å². The predicted octanol–water partition coefficient (Wildman–Crippen LogP) is 0.947. The molecule has 0 spiro atoms. The van der Waals surface area contributed by atoms with Gasteiger partial charge in [-0.15, -0.1) is 0 Å². The lowest BCUT2D eigenvalue weighted by atomic mass is 10.3. The van der Waals surface area contributed by atoms with Crippen LogP contribution in [0.2, 0.25) is 0 Å². The second kappa shape index (κ2) is 1.47. The molecule has 0 radical (unpaired) electrons. The zero-order valence-corrected chi connectivity index (χ0v) is 4.89. The van der Waals surface area contributed by atoms with Crippen molar-refractivity contribution in [1.82, 2.24) is 0 Å². The number of fused-ring (bicyclic) bond motifs is 1. The van der Waals surface area contributed by atoms with Crippen molar-refractivity contribution in [3.8, 4) is 0 Å². The Bertz CT molecular complexity index is 225. The standard InChI is InChI=1S/C7H6O2/c8-6-3-5-1-2-9-7(5)4-6/h1-2H,3-4H2. The minimum absolute atomic E-state index is 0.268. The molecule has 2 heteroatoms. The summed E-state index contributed by atoms with van der Waals surface area (Å²) in [7, 11) is 0. The van der Waals surface area contributed by atoms with Crippen LogP contribution in [-0.4, -0.2) is 5.78 Å². The normalized spacial score (nSPS) is 16.2. The molecule has 1 heterocycles. The molecule has 1 aliphatic carbocycles. The van der Waals surface area contributed by atoms with Gasteiger partial charge in [-0.1, -0.05) is 0 Å². The molecule has 0 aliphatic heterocycles. The SMILES string of the molecule is O=C1Cc2ccoc2C1. The second-order valence-electron chi connectivity index (χ2n) is 2.26. The summed E-state index contributed by atoms with van der Waals surface area (Å²) in [6, 6.07) is 1.86. The summed E-state index contributed by atoms with van der Waals surface area (Å²) < 4.78 is 5.03. The summed E-state index contributed by atoms with van der Waals surface area (Å²) in [6.45, 7) is 0. The lowest BCUT2D eigenvalue weighted by Gasteiger charge is -1.78. The molecule has 0 amide bonds. The van der Waals surface area contributed by atoms with Crippen molar-refractivity contribution in [3.05, 3.63) is 23.7 Å². The highest BCUT2D eigenvalue weighted by molar-refractivity contribution is 5.86. The van der Waals surface area contributed by atoms with Gasteiger partial charge in [0, 0.05) is 12.0 Å². The topological polar surface area (TPSA) is 30.2 Å². The molecule has 9 heavy (non-hydrogen) atoms. The molecule has 0 aromatic carbocycles. The van der Waals surface area contributed by atoms with Crippen molar-refractivity contribution in [1.29, 1.82) is 0 Å². The van der Waals surface area contributed by atoms with Gasteiger partial charge in [0.05, 0.1) is 12.7 Å². The van der Waals surface area contributed by atoms with E-state index in [-0.39, 0.29) is 5.78 Å². The predicted molar refractivity (Wildman–Crippen MR) is 31.1 cm³/mol. The van der Waals surface area contributed by atoms with Crippen molar-refractivity contribution in [2.45, 2.75) is 12.8 Å². The van der Waals surface area contributed by atoms with Gasteiger partial charge in [-0.05, 0) is 6.07 Å². The van der Waals surface area contributed by atoms with Gasteiger partial charge >= 0.3 is 0 Å². The number of hydrogen-bond acceptors (Lipinski definition) is 2. The van der Waals surface area contributed by atoms with Gasteiger partial charge in [0.15, 0.2) is 0 Å². The third kappa shape index (κ3) is 0.593. The highest BCUT2D eigenvalue weighted by Crippen LogP contribution is 2.19. The Morgan fingerprint density at radius 3 is 3.11 bits per heavy atom. The van der Waals surface area contributed by atoms with Crippen LogP contribution in [0.5, 0.6) is 0 Å². The first kappa shape index (κ1) is 4.79. The van der Waals surface area contributed by atoms with Gasteiger partial charge in [-0.3, -0.25) is 4.79 Å². The van der Waals surface area contributed by atoms with Crippen LogP contribution in [0.3, 0.4) is 0 Å². The van der Waals surface area contributed by atoms with Gasteiger partial charge < -0.3 is 4.42 Å². The molecular formula is C7H6O2. The first-order valence-corrected chi connectivity index (χ1v) is 2.93. The van der Waals surface area contributed by atoms with Crippen molar-refractivity contribution in [2.75, 3.05) is 0 Å². The van der Waals surface area contributed by atoms with Crippen LogP contribution in [-0.2, 0) is 17.6 Å². The van der Waals surface area contributed by atoms with Crippen LogP contribution in [0.25, 0.3) is 0 Å². The zero-order chi connectivity index (χ0) is 6.27. The third-order valence-electron chi connectivity index (χ3n) is 1.58. The third-order valence-corrected chi connectivity index (χ3v) is 1.58. The summed E-state index contributed by atoms with van der Waals surface area (Å²) in [5, 5.41) is 0. The number of hydrogen-bond donors (Lipinski definition) is 0. The fourth-order valence-corrected chi connectivity index (χ4v) is 1.13. The van der Waals surface area contributed by atoms with Gasteiger partial charge in [-0.2, -0.15) is 0 Å². The quantitative estimate of drug-likeness (QED) is 0.512. The lowest BCUT2D eigenvalue weighted by molar-refractivity contribution is -0.117. The summed E-state index contributed by atoms with van der Waals surface area (Å²) in [5.74, 6) is 1.13. The summed E-state index contributed by atoms with van der Waals surface area (Å²) in [4.78, 5) is 10.7. The molecule has 0 N–H and O–H groups in total. The van der Waals surface area contributed by atoms with Crippen LogP contribution >= 0.6 is 0 Å². The zero-order valence-electron chi connectivity index (χ0n) is 4.89. The van der Waals surface area contributed by atoms with E-state index in [4.69, 9.17) is 4.42 Å².